The maximum absolute atomic E-state index is 13.8. The molecule has 0 saturated heterocycles. The van der Waals surface area contributed by atoms with Crippen molar-refractivity contribution in [3.8, 4) is 0 Å². The first-order valence-corrected chi connectivity index (χ1v) is 11.2. The number of aromatic nitrogens is 1. The van der Waals surface area contributed by atoms with Crippen LogP contribution in [0.5, 0.6) is 0 Å². The van der Waals surface area contributed by atoms with E-state index in [1.54, 1.807) is 12.1 Å². The molecule has 0 aliphatic carbocycles. The Labute approximate surface area is 180 Å². The van der Waals surface area contributed by atoms with Gasteiger partial charge in [0.2, 0.25) is 10.0 Å². The maximum atomic E-state index is 13.8. The lowest BCUT2D eigenvalue weighted by Crippen LogP contribution is -2.26. The average Bonchev–Trinajstić information content (AvgIpc) is 3.37. The first-order valence-electron chi connectivity index (χ1n) is 8.90. The SMILES string of the molecule is CN(Cc1ccco1)S(=O)(=O)c1ccc(C(=O)Nc2nc3c(F)cc(F)cc3s2)cc1. The summed E-state index contributed by atoms with van der Waals surface area (Å²) in [6.45, 7) is 0.0618. The number of carbonyl (C=O) groups excluding carboxylic acids is 1. The number of fused-ring (bicyclic) bond motifs is 1. The summed E-state index contributed by atoms with van der Waals surface area (Å²) < 4.78 is 59.1. The summed E-state index contributed by atoms with van der Waals surface area (Å²) in [7, 11) is -2.36. The molecule has 0 saturated carbocycles. The zero-order valence-electron chi connectivity index (χ0n) is 16.0. The van der Waals surface area contributed by atoms with Crippen molar-refractivity contribution in [3.05, 3.63) is 77.8 Å². The average molecular weight is 463 g/mol. The van der Waals surface area contributed by atoms with Gasteiger partial charge in [0.25, 0.3) is 5.91 Å². The molecule has 1 amide bonds. The summed E-state index contributed by atoms with van der Waals surface area (Å²) in [5, 5.41) is 2.61. The van der Waals surface area contributed by atoms with E-state index in [1.807, 2.05) is 0 Å². The Hall–Kier alpha value is -3.15. The second-order valence-electron chi connectivity index (χ2n) is 6.57. The lowest BCUT2D eigenvalue weighted by molar-refractivity contribution is 0.102. The number of nitrogens with zero attached hydrogens (tertiary/aromatic N) is 2. The van der Waals surface area contributed by atoms with Crippen molar-refractivity contribution in [2.45, 2.75) is 11.4 Å². The molecule has 1 N–H and O–H groups in total. The smallest absolute Gasteiger partial charge is 0.257 e. The second-order valence-corrected chi connectivity index (χ2v) is 9.65. The lowest BCUT2D eigenvalue weighted by atomic mass is 10.2. The molecule has 0 bridgehead atoms. The number of rotatable bonds is 6. The molecule has 0 spiro atoms. The van der Waals surface area contributed by atoms with Crippen molar-refractivity contribution in [3.63, 3.8) is 0 Å². The third-order valence-corrected chi connectivity index (χ3v) is 7.15. The molecule has 2 heterocycles. The van der Waals surface area contributed by atoms with Crippen molar-refractivity contribution >= 4 is 42.6 Å². The van der Waals surface area contributed by atoms with Crippen molar-refractivity contribution in [2.75, 3.05) is 12.4 Å². The standard InChI is InChI=1S/C20H15F2N3O4S2/c1-25(11-14-3-2-8-29-14)31(27,28)15-6-4-12(5-7-15)19(26)24-20-23-18-16(22)9-13(21)10-17(18)30-20/h2-10H,11H2,1H3,(H,23,24,26). The molecule has 31 heavy (non-hydrogen) atoms. The summed E-state index contributed by atoms with van der Waals surface area (Å²) >= 11 is 0.927. The number of benzene rings is 2. The van der Waals surface area contributed by atoms with Crippen LogP contribution in [0.2, 0.25) is 0 Å². The van der Waals surface area contributed by atoms with Crippen LogP contribution in [0.25, 0.3) is 10.2 Å². The Morgan fingerprint density at radius 1 is 1.19 bits per heavy atom. The number of hydrogen-bond acceptors (Lipinski definition) is 6. The topological polar surface area (TPSA) is 92.5 Å². The molecule has 0 radical (unpaired) electrons. The van der Waals surface area contributed by atoms with Gasteiger partial charge in [-0.05, 0) is 42.5 Å². The largest absolute Gasteiger partial charge is 0.468 e. The summed E-state index contributed by atoms with van der Waals surface area (Å²) in [5.41, 5.74) is 0.140. The van der Waals surface area contributed by atoms with Crippen LogP contribution in [0.1, 0.15) is 16.1 Å². The van der Waals surface area contributed by atoms with Gasteiger partial charge in [0.05, 0.1) is 22.4 Å². The van der Waals surface area contributed by atoms with Crippen LogP contribution in [-0.4, -0.2) is 30.7 Å². The molecule has 0 aliphatic heterocycles. The number of anilines is 1. The Morgan fingerprint density at radius 3 is 2.61 bits per heavy atom. The minimum atomic E-state index is -3.79. The number of amides is 1. The Kier molecular flexibility index (Phi) is 5.56. The fourth-order valence-electron chi connectivity index (χ4n) is 2.85. The van der Waals surface area contributed by atoms with E-state index >= 15 is 0 Å². The van der Waals surface area contributed by atoms with E-state index in [0.29, 0.717) is 5.76 Å². The fraction of sp³-hybridized carbons (Fsp3) is 0.100. The number of sulfonamides is 1. The van der Waals surface area contributed by atoms with E-state index < -0.39 is 27.6 Å². The van der Waals surface area contributed by atoms with Crippen LogP contribution in [0.4, 0.5) is 13.9 Å². The summed E-state index contributed by atoms with van der Waals surface area (Å²) in [6.07, 6.45) is 1.46. The molecule has 4 rings (SSSR count). The van der Waals surface area contributed by atoms with Crippen molar-refractivity contribution in [1.29, 1.82) is 0 Å². The van der Waals surface area contributed by atoms with Gasteiger partial charge in [0, 0.05) is 18.7 Å². The number of halogens is 2. The monoisotopic (exact) mass is 463 g/mol. The van der Waals surface area contributed by atoms with Gasteiger partial charge in [-0.25, -0.2) is 22.2 Å². The third-order valence-electron chi connectivity index (χ3n) is 4.42. The molecule has 0 fully saturated rings. The predicted molar refractivity (Wildman–Crippen MR) is 111 cm³/mol. The van der Waals surface area contributed by atoms with Crippen LogP contribution in [0.15, 0.2) is 64.1 Å². The number of nitrogens with one attached hydrogen (secondary N) is 1. The van der Waals surface area contributed by atoms with E-state index in [9.17, 15) is 22.0 Å². The first kappa shape index (κ1) is 21.1. The quantitative estimate of drug-likeness (QED) is 0.462. The molecule has 0 unspecified atom stereocenters. The highest BCUT2D eigenvalue weighted by atomic mass is 32.2. The second kappa shape index (κ2) is 8.17. The van der Waals surface area contributed by atoms with Crippen LogP contribution < -0.4 is 5.32 Å². The van der Waals surface area contributed by atoms with Gasteiger partial charge in [-0.15, -0.1) is 0 Å². The zero-order valence-corrected chi connectivity index (χ0v) is 17.6. The Bertz CT molecular complexity index is 1350. The Morgan fingerprint density at radius 2 is 1.94 bits per heavy atom. The summed E-state index contributed by atoms with van der Waals surface area (Å²) in [5.74, 6) is -1.62. The number of hydrogen-bond donors (Lipinski definition) is 1. The third kappa shape index (κ3) is 4.33. The fourth-order valence-corrected chi connectivity index (χ4v) is 4.88. The van der Waals surface area contributed by atoms with Crippen LogP contribution in [-0.2, 0) is 16.6 Å². The minimum Gasteiger partial charge on any atom is -0.468 e. The van der Waals surface area contributed by atoms with Gasteiger partial charge >= 0.3 is 0 Å². The predicted octanol–water partition coefficient (Wildman–Crippen LogP) is 4.24. The maximum Gasteiger partial charge on any atom is 0.257 e. The highest BCUT2D eigenvalue weighted by Gasteiger charge is 2.22. The molecule has 4 aromatic rings. The van der Waals surface area contributed by atoms with Crippen molar-refractivity contribution in [1.82, 2.24) is 9.29 Å². The molecule has 11 heteroatoms. The Balaban J connectivity index is 1.50. The lowest BCUT2D eigenvalue weighted by Gasteiger charge is -2.16. The zero-order chi connectivity index (χ0) is 22.2. The van der Waals surface area contributed by atoms with Gasteiger partial charge in [-0.3, -0.25) is 10.1 Å². The normalized spacial score (nSPS) is 11.9. The van der Waals surface area contributed by atoms with E-state index in [4.69, 9.17) is 4.42 Å². The van der Waals surface area contributed by atoms with Gasteiger partial charge in [-0.1, -0.05) is 11.3 Å². The molecular weight excluding hydrogens is 448 g/mol. The summed E-state index contributed by atoms with van der Waals surface area (Å²) in [4.78, 5) is 16.4. The number of carbonyl (C=O) groups is 1. The molecular formula is C20H15F2N3O4S2. The van der Waals surface area contributed by atoms with Crippen LogP contribution >= 0.6 is 11.3 Å². The number of furan rings is 1. The van der Waals surface area contributed by atoms with E-state index in [-0.39, 0.29) is 32.4 Å². The highest BCUT2D eigenvalue weighted by molar-refractivity contribution is 7.89. The molecule has 2 aromatic carbocycles. The molecule has 2 aromatic heterocycles. The molecule has 0 aliphatic rings. The summed E-state index contributed by atoms with van der Waals surface area (Å²) in [6, 6.07) is 10.5. The molecule has 0 atom stereocenters. The molecule has 7 nitrogen and oxygen atoms in total. The van der Waals surface area contributed by atoms with Crippen molar-refractivity contribution < 1.29 is 26.4 Å². The van der Waals surface area contributed by atoms with Gasteiger partial charge in [-0.2, -0.15) is 4.31 Å². The van der Waals surface area contributed by atoms with Gasteiger partial charge in [0.15, 0.2) is 10.9 Å². The van der Waals surface area contributed by atoms with E-state index in [1.165, 1.54) is 37.6 Å². The minimum absolute atomic E-state index is 0.00985. The molecule has 160 valence electrons. The number of thiazole rings is 1. The van der Waals surface area contributed by atoms with E-state index in [2.05, 4.69) is 10.3 Å². The van der Waals surface area contributed by atoms with Gasteiger partial charge in [0.1, 0.15) is 17.1 Å². The van der Waals surface area contributed by atoms with Gasteiger partial charge < -0.3 is 4.42 Å². The van der Waals surface area contributed by atoms with Crippen LogP contribution in [0.3, 0.4) is 0 Å². The highest BCUT2D eigenvalue weighted by Crippen LogP contribution is 2.29. The van der Waals surface area contributed by atoms with Crippen molar-refractivity contribution in [2.24, 2.45) is 0 Å². The van der Waals surface area contributed by atoms with E-state index in [0.717, 1.165) is 27.8 Å². The van der Waals surface area contributed by atoms with Crippen LogP contribution in [0, 0.1) is 11.6 Å². The first-order chi connectivity index (χ1) is 14.7.